The van der Waals surface area contributed by atoms with Crippen molar-refractivity contribution in [2.75, 3.05) is 6.54 Å². The Bertz CT molecular complexity index is 574. The number of hydrogen-bond donors (Lipinski definition) is 2. The lowest BCUT2D eigenvalue weighted by Crippen LogP contribution is -2.45. The van der Waals surface area contributed by atoms with Gasteiger partial charge in [0.05, 0.1) is 5.54 Å². The van der Waals surface area contributed by atoms with Crippen molar-refractivity contribution in [3.05, 3.63) is 35.6 Å². The lowest BCUT2D eigenvalue weighted by molar-refractivity contribution is -0.123. The van der Waals surface area contributed by atoms with Crippen LogP contribution in [0.2, 0.25) is 0 Å². The molecule has 2 amide bonds. The third kappa shape index (κ3) is 3.55. The number of nitrogens with one attached hydrogen (secondary N) is 1. The predicted octanol–water partition coefficient (Wildman–Crippen LogP) is 2.71. The Hall–Kier alpha value is -2.11. The molecular formula is C16H21FN2O3. The van der Waals surface area contributed by atoms with Crippen molar-refractivity contribution >= 4 is 12.0 Å². The molecule has 1 aromatic rings. The fourth-order valence-electron chi connectivity index (χ4n) is 2.95. The van der Waals surface area contributed by atoms with Crippen molar-refractivity contribution < 1.29 is 19.1 Å². The average molecular weight is 308 g/mol. The molecule has 1 unspecified atom stereocenters. The molecule has 1 fully saturated rings. The maximum Gasteiger partial charge on any atom is 0.407 e. The molecule has 1 aromatic carbocycles. The van der Waals surface area contributed by atoms with Crippen LogP contribution in [0.4, 0.5) is 9.18 Å². The van der Waals surface area contributed by atoms with E-state index in [0.717, 1.165) is 6.42 Å². The van der Waals surface area contributed by atoms with Gasteiger partial charge in [-0.05, 0) is 32.8 Å². The highest BCUT2D eigenvalue weighted by Crippen LogP contribution is 2.24. The number of carbonyl (C=O) groups excluding carboxylic acids is 1. The molecule has 6 heteroatoms. The van der Waals surface area contributed by atoms with Gasteiger partial charge in [0.25, 0.3) is 0 Å². The maximum absolute atomic E-state index is 13.9. The first-order valence-electron chi connectivity index (χ1n) is 7.37. The molecule has 1 aliphatic heterocycles. The number of carboxylic acid groups (broad SMARTS) is 1. The number of amides is 2. The number of likely N-dealkylation sites (tertiary alicyclic amines) is 1. The molecule has 1 saturated heterocycles. The summed E-state index contributed by atoms with van der Waals surface area (Å²) < 4.78 is 13.9. The number of benzene rings is 1. The third-order valence-electron chi connectivity index (χ3n) is 4.04. The predicted molar refractivity (Wildman–Crippen MR) is 79.9 cm³/mol. The van der Waals surface area contributed by atoms with Crippen molar-refractivity contribution in [2.24, 2.45) is 0 Å². The van der Waals surface area contributed by atoms with E-state index in [4.69, 9.17) is 5.11 Å². The molecule has 0 saturated carbocycles. The molecule has 1 atom stereocenters. The number of rotatable bonds is 4. The van der Waals surface area contributed by atoms with Crippen LogP contribution >= 0.6 is 0 Å². The molecule has 5 nitrogen and oxygen atoms in total. The minimum Gasteiger partial charge on any atom is -0.465 e. The molecule has 2 N–H and O–H groups in total. The van der Waals surface area contributed by atoms with Crippen molar-refractivity contribution in [1.82, 2.24) is 10.2 Å². The van der Waals surface area contributed by atoms with Crippen LogP contribution in [0.5, 0.6) is 0 Å². The largest absolute Gasteiger partial charge is 0.465 e. The topological polar surface area (TPSA) is 69.6 Å². The van der Waals surface area contributed by atoms with E-state index in [2.05, 4.69) is 5.32 Å². The lowest BCUT2D eigenvalue weighted by Gasteiger charge is -2.29. The zero-order valence-electron chi connectivity index (χ0n) is 12.8. The molecule has 0 bridgehead atoms. The molecule has 0 aliphatic carbocycles. The summed E-state index contributed by atoms with van der Waals surface area (Å²) in [4.78, 5) is 24.6. The minimum atomic E-state index is -0.997. The highest BCUT2D eigenvalue weighted by atomic mass is 19.1. The van der Waals surface area contributed by atoms with E-state index in [-0.39, 0.29) is 24.2 Å². The molecule has 1 aliphatic rings. The fraction of sp³-hybridized carbons (Fsp3) is 0.500. The van der Waals surface area contributed by atoms with Gasteiger partial charge in [-0.1, -0.05) is 18.2 Å². The number of carbonyl (C=O) groups is 2. The van der Waals surface area contributed by atoms with E-state index < -0.39 is 11.6 Å². The highest BCUT2D eigenvalue weighted by Gasteiger charge is 2.32. The standard InChI is InChI=1S/C16H21FN2O3/c1-16(2,12-7-3-4-8-13(12)17)18-14(20)10-11-6-5-9-19(11)15(21)22/h3-4,7-8,11H,5-6,9-10H2,1-2H3,(H,18,20)(H,21,22). The third-order valence-corrected chi connectivity index (χ3v) is 4.04. The van der Waals surface area contributed by atoms with E-state index >= 15 is 0 Å². The van der Waals surface area contributed by atoms with Gasteiger partial charge >= 0.3 is 6.09 Å². The summed E-state index contributed by atoms with van der Waals surface area (Å²) in [7, 11) is 0. The van der Waals surface area contributed by atoms with Gasteiger partial charge in [0, 0.05) is 24.6 Å². The Kier molecular flexibility index (Phi) is 4.68. The SMILES string of the molecule is CC(C)(NC(=O)CC1CCCN1C(=O)O)c1ccccc1F. The summed E-state index contributed by atoms with van der Waals surface area (Å²) in [5, 5.41) is 11.9. The smallest absolute Gasteiger partial charge is 0.407 e. The second kappa shape index (κ2) is 6.34. The number of hydrogen-bond acceptors (Lipinski definition) is 2. The van der Waals surface area contributed by atoms with Crippen LogP contribution in [-0.4, -0.2) is 34.6 Å². The molecule has 0 spiro atoms. The first kappa shape index (κ1) is 16.3. The molecule has 0 radical (unpaired) electrons. The second-order valence-electron chi connectivity index (χ2n) is 6.13. The molecule has 22 heavy (non-hydrogen) atoms. The Morgan fingerprint density at radius 1 is 1.41 bits per heavy atom. The van der Waals surface area contributed by atoms with E-state index in [1.54, 1.807) is 32.0 Å². The summed E-state index contributed by atoms with van der Waals surface area (Å²) in [6.45, 7) is 3.92. The van der Waals surface area contributed by atoms with Crippen LogP contribution in [0.25, 0.3) is 0 Å². The maximum atomic E-state index is 13.9. The van der Waals surface area contributed by atoms with Gasteiger partial charge in [-0.3, -0.25) is 4.79 Å². The van der Waals surface area contributed by atoms with Gasteiger partial charge in [0.2, 0.25) is 5.91 Å². The van der Waals surface area contributed by atoms with Crippen LogP contribution < -0.4 is 5.32 Å². The summed E-state index contributed by atoms with van der Waals surface area (Å²) in [5.41, 5.74) is -0.445. The van der Waals surface area contributed by atoms with Crippen LogP contribution in [0.1, 0.15) is 38.7 Å². The number of nitrogens with zero attached hydrogens (tertiary/aromatic N) is 1. The zero-order chi connectivity index (χ0) is 16.3. The van der Waals surface area contributed by atoms with Crippen LogP contribution in [-0.2, 0) is 10.3 Å². The Labute approximate surface area is 129 Å². The second-order valence-corrected chi connectivity index (χ2v) is 6.13. The lowest BCUT2D eigenvalue weighted by atomic mass is 9.93. The number of halogens is 1. The monoisotopic (exact) mass is 308 g/mol. The van der Waals surface area contributed by atoms with Gasteiger partial charge < -0.3 is 15.3 Å². The van der Waals surface area contributed by atoms with E-state index in [1.807, 2.05) is 0 Å². The van der Waals surface area contributed by atoms with Gasteiger partial charge in [-0.2, -0.15) is 0 Å². The first-order valence-corrected chi connectivity index (χ1v) is 7.37. The Balaban J connectivity index is 2.02. The van der Waals surface area contributed by atoms with Crippen molar-refractivity contribution in [3.8, 4) is 0 Å². The van der Waals surface area contributed by atoms with Crippen LogP contribution in [0, 0.1) is 5.82 Å². The summed E-state index contributed by atoms with van der Waals surface area (Å²) >= 11 is 0. The average Bonchev–Trinajstić information content (AvgIpc) is 2.86. The summed E-state index contributed by atoms with van der Waals surface area (Å²) in [6, 6.07) is 6.00. The van der Waals surface area contributed by atoms with Crippen molar-refractivity contribution in [3.63, 3.8) is 0 Å². The quantitative estimate of drug-likeness (QED) is 0.898. The molecule has 2 rings (SSSR count). The molecule has 120 valence electrons. The van der Waals surface area contributed by atoms with Crippen molar-refractivity contribution in [1.29, 1.82) is 0 Å². The van der Waals surface area contributed by atoms with Gasteiger partial charge in [-0.25, -0.2) is 9.18 Å². The van der Waals surface area contributed by atoms with E-state index in [1.165, 1.54) is 11.0 Å². The van der Waals surface area contributed by atoms with E-state index in [9.17, 15) is 14.0 Å². The normalized spacial score (nSPS) is 18.3. The van der Waals surface area contributed by atoms with Crippen LogP contribution in [0.15, 0.2) is 24.3 Å². The molecular weight excluding hydrogens is 287 g/mol. The molecule has 1 heterocycles. The zero-order valence-corrected chi connectivity index (χ0v) is 12.8. The Morgan fingerprint density at radius 2 is 2.09 bits per heavy atom. The van der Waals surface area contributed by atoms with Crippen molar-refractivity contribution in [2.45, 2.75) is 44.7 Å². The molecule has 0 aromatic heterocycles. The van der Waals surface area contributed by atoms with Crippen LogP contribution in [0.3, 0.4) is 0 Å². The summed E-state index contributed by atoms with van der Waals surface area (Å²) in [6.07, 6.45) is 0.550. The minimum absolute atomic E-state index is 0.101. The highest BCUT2D eigenvalue weighted by molar-refractivity contribution is 5.78. The van der Waals surface area contributed by atoms with Gasteiger partial charge in [0.1, 0.15) is 5.82 Å². The first-order chi connectivity index (χ1) is 10.3. The Morgan fingerprint density at radius 3 is 2.73 bits per heavy atom. The van der Waals surface area contributed by atoms with Gasteiger partial charge in [0.15, 0.2) is 0 Å². The summed E-state index contributed by atoms with van der Waals surface area (Å²) in [5.74, 6) is -0.646. The van der Waals surface area contributed by atoms with E-state index in [0.29, 0.717) is 18.5 Å². The fourth-order valence-corrected chi connectivity index (χ4v) is 2.95. The van der Waals surface area contributed by atoms with Gasteiger partial charge in [-0.15, -0.1) is 0 Å².